The van der Waals surface area contributed by atoms with Gasteiger partial charge in [0.2, 0.25) is 11.6 Å². The van der Waals surface area contributed by atoms with E-state index >= 15 is 0 Å². The second-order valence-corrected chi connectivity index (χ2v) is 8.33. The van der Waals surface area contributed by atoms with Crippen LogP contribution in [0.15, 0.2) is 88.3 Å². The van der Waals surface area contributed by atoms with Gasteiger partial charge in [0.15, 0.2) is 11.5 Å². The lowest BCUT2D eigenvalue weighted by atomic mass is 10.1. The van der Waals surface area contributed by atoms with E-state index in [4.69, 9.17) is 14.5 Å². The van der Waals surface area contributed by atoms with E-state index in [0.29, 0.717) is 28.4 Å². The number of nitrogens with zero attached hydrogens (tertiary/aromatic N) is 4. The molecule has 9 heteroatoms. The van der Waals surface area contributed by atoms with Crippen LogP contribution >= 0.6 is 11.3 Å². The third-order valence-corrected chi connectivity index (χ3v) is 6.10. The summed E-state index contributed by atoms with van der Waals surface area (Å²) in [7, 11) is 0. The number of aromatic nitrogens is 1. The molecule has 34 heavy (non-hydrogen) atoms. The maximum Gasteiger partial charge on any atom is 0.270 e. The summed E-state index contributed by atoms with van der Waals surface area (Å²) < 4.78 is 12.5. The molecule has 3 aromatic carbocycles. The van der Waals surface area contributed by atoms with Crippen LogP contribution in [-0.2, 0) is 6.42 Å². The first-order chi connectivity index (χ1) is 16.7. The van der Waals surface area contributed by atoms with Gasteiger partial charge in [-0.15, -0.1) is 11.3 Å². The van der Waals surface area contributed by atoms with Crippen LogP contribution < -0.4 is 14.3 Å². The highest BCUT2D eigenvalue weighted by Gasteiger charge is 2.14. The predicted octanol–water partition coefficient (Wildman–Crippen LogP) is 4.88. The molecule has 0 bridgehead atoms. The van der Waals surface area contributed by atoms with Crippen molar-refractivity contribution in [1.82, 2.24) is 4.68 Å². The van der Waals surface area contributed by atoms with E-state index in [1.165, 1.54) is 23.0 Å². The number of fused-ring (bicyclic) bond motifs is 1. The smallest absolute Gasteiger partial charge is 0.270 e. The van der Waals surface area contributed by atoms with Crippen LogP contribution in [0, 0.1) is 10.1 Å². The molecule has 2 heterocycles. The third-order valence-electron chi connectivity index (χ3n) is 5.25. The topological polar surface area (TPSA) is 91.2 Å². The maximum absolute atomic E-state index is 11.3. The van der Waals surface area contributed by atoms with Crippen LogP contribution in [0.4, 0.5) is 5.69 Å². The summed E-state index contributed by atoms with van der Waals surface area (Å²) in [5.41, 5.74) is 3.49. The van der Waals surface area contributed by atoms with Crippen molar-refractivity contribution in [2.75, 3.05) is 13.3 Å². The Labute approximate surface area is 199 Å². The fourth-order valence-electron chi connectivity index (χ4n) is 3.54. The van der Waals surface area contributed by atoms with Crippen molar-refractivity contribution in [2.24, 2.45) is 10.1 Å². The Kier molecular flexibility index (Phi) is 6.17. The molecule has 8 nitrogen and oxygen atoms in total. The van der Waals surface area contributed by atoms with Gasteiger partial charge in [0.05, 0.1) is 16.8 Å². The van der Waals surface area contributed by atoms with Crippen LogP contribution in [-0.4, -0.2) is 29.2 Å². The molecule has 1 aromatic heterocycles. The summed E-state index contributed by atoms with van der Waals surface area (Å²) in [6, 6.07) is 22.3. The van der Waals surface area contributed by atoms with Gasteiger partial charge in [-0.05, 0) is 35.7 Å². The molecular weight excluding hydrogens is 452 g/mol. The monoisotopic (exact) mass is 472 g/mol. The number of hydrogen-bond acceptors (Lipinski definition) is 7. The third kappa shape index (κ3) is 4.74. The van der Waals surface area contributed by atoms with E-state index < -0.39 is 4.92 Å². The fraction of sp³-hybridized carbons (Fsp3) is 0.120. The van der Waals surface area contributed by atoms with Crippen molar-refractivity contribution < 1.29 is 14.4 Å². The summed E-state index contributed by atoms with van der Waals surface area (Å²) in [6.45, 7) is 0.801. The quantitative estimate of drug-likeness (QED) is 0.218. The Bertz CT molecular complexity index is 1430. The van der Waals surface area contributed by atoms with Crippen LogP contribution in [0.1, 0.15) is 11.1 Å². The number of rotatable bonds is 7. The zero-order valence-corrected chi connectivity index (χ0v) is 18.9. The van der Waals surface area contributed by atoms with Gasteiger partial charge >= 0.3 is 0 Å². The van der Waals surface area contributed by atoms with E-state index in [1.807, 2.05) is 47.8 Å². The number of benzene rings is 3. The van der Waals surface area contributed by atoms with Crippen molar-refractivity contribution >= 4 is 23.2 Å². The number of nitro benzene ring substituents is 1. The molecule has 1 aliphatic rings. The minimum atomic E-state index is -0.402. The minimum absolute atomic E-state index is 0.0255. The molecular formula is C25H20N4O4S. The standard InChI is InChI=1S/C25H20N4O4S/c30-29(31)21-8-4-7-20(14-21)22-16-34-25(26-12-11-18-5-2-1-3-6-18)28(22)27-15-19-9-10-23-24(13-19)33-17-32-23/h1-10,13-16H,11-12,17H2. The minimum Gasteiger partial charge on any atom is -0.454 e. The molecule has 0 atom stereocenters. The molecule has 0 saturated carbocycles. The lowest BCUT2D eigenvalue weighted by molar-refractivity contribution is -0.384. The van der Waals surface area contributed by atoms with Gasteiger partial charge in [0, 0.05) is 29.6 Å². The van der Waals surface area contributed by atoms with Gasteiger partial charge in [-0.25, -0.2) is 4.68 Å². The van der Waals surface area contributed by atoms with E-state index in [9.17, 15) is 10.1 Å². The lowest BCUT2D eigenvalue weighted by Crippen LogP contribution is -2.13. The Morgan fingerprint density at radius 1 is 1.03 bits per heavy atom. The molecule has 0 aliphatic carbocycles. The average Bonchev–Trinajstić information content (AvgIpc) is 3.50. The zero-order chi connectivity index (χ0) is 23.3. The molecule has 1 aliphatic heterocycles. The average molecular weight is 473 g/mol. The molecule has 0 unspecified atom stereocenters. The molecule has 0 fully saturated rings. The summed E-state index contributed by atoms with van der Waals surface area (Å²) in [6.07, 6.45) is 2.52. The van der Waals surface area contributed by atoms with Crippen LogP contribution in [0.5, 0.6) is 11.5 Å². The highest BCUT2D eigenvalue weighted by molar-refractivity contribution is 7.07. The molecule has 0 N–H and O–H groups in total. The zero-order valence-electron chi connectivity index (χ0n) is 18.0. The van der Waals surface area contributed by atoms with Crippen molar-refractivity contribution in [3.8, 4) is 22.8 Å². The molecule has 0 amide bonds. The van der Waals surface area contributed by atoms with Crippen LogP contribution in [0.25, 0.3) is 11.3 Å². The molecule has 0 spiro atoms. The number of ether oxygens (including phenoxy) is 2. The summed E-state index contributed by atoms with van der Waals surface area (Å²) in [4.78, 5) is 16.4. The van der Waals surface area contributed by atoms with Gasteiger partial charge in [0.25, 0.3) is 5.69 Å². The molecule has 5 rings (SSSR count). The van der Waals surface area contributed by atoms with Gasteiger partial charge in [-0.3, -0.25) is 15.1 Å². The lowest BCUT2D eigenvalue weighted by Gasteiger charge is -2.04. The second-order valence-electron chi connectivity index (χ2n) is 7.50. The Hall–Kier alpha value is -4.24. The van der Waals surface area contributed by atoms with E-state index in [1.54, 1.807) is 23.0 Å². The van der Waals surface area contributed by atoms with Gasteiger partial charge < -0.3 is 9.47 Å². The summed E-state index contributed by atoms with van der Waals surface area (Å²) in [5, 5.41) is 17.9. The molecule has 4 aromatic rings. The Morgan fingerprint density at radius 3 is 2.74 bits per heavy atom. The van der Waals surface area contributed by atoms with E-state index in [-0.39, 0.29) is 12.5 Å². The fourth-order valence-corrected chi connectivity index (χ4v) is 4.40. The van der Waals surface area contributed by atoms with Crippen molar-refractivity contribution in [1.29, 1.82) is 0 Å². The maximum atomic E-state index is 11.3. The van der Waals surface area contributed by atoms with Gasteiger partial charge in [0.1, 0.15) is 0 Å². The normalized spacial score (nSPS) is 13.0. The van der Waals surface area contributed by atoms with E-state index in [0.717, 1.165) is 17.7 Å². The number of nitro groups is 1. The van der Waals surface area contributed by atoms with Crippen LogP contribution in [0.2, 0.25) is 0 Å². The largest absolute Gasteiger partial charge is 0.454 e. The van der Waals surface area contributed by atoms with Crippen molar-refractivity contribution in [3.05, 3.63) is 104 Å². The Balaban J connectivity index is 1.51. The van der Waals surface area contributed by atoms with Crippen LogP contribution in [0.3, 0.4) is 0 Å². The molecule has 0 radical (unpaired) electrons. The second kappa shape index (κ2) is 9.72. The van der Waals surface area contributed by atoms with Gasteiger partial charge in [-0.2, -0.15) is 5.10 Å². The van der Waals surface area contributed by atoms with Crippen molar-refractivity contribution in [2.45, 2.75) is 6.42 Å². The SMILES string of the molecule is O=[N+]([O-])c1cccc(-c2csc(=NCCc3ccccc3)n2N=Cc2ccc3c(c2)OCO3)c1. The molecule has 170 valence electrons. The van der Waals surface area contributed by atoms with Gasteiger partial charge in [-0.1, -0.05) is 42.5 Å². The first-order valence-corrected chi connectivity index (χ1v) is 11.5. The highest BCUT2D eigenvalue weighted by Crippen LogP contribution is 2.32. The van der Waals surface area contributed by atoms with Crippen molar-refractivity contribution in [3.63, 3.8) is 0 Å². The number of hydrogen-bond donors (Lipinski definition) is 0. The summed E-state index contributed by atoms with van der Waals surface area (Å²) >= 11 is 1.44. The first-order valence-electron chi connectivity index (χ1n) is 10.6. The highest BCUT2D eigenvalue weighted by atomic mass is 32.1. The number of thiazole rings is 1. The van der Waals surface area contributed by atoms with E-state index in [2.05, 4.69) is 17.2 Å². The first kappa shape index (κ1) is 21.6. The predicted molar refractivity (Wildman–Crippen MR) is 131 cm³/mol. The number of non-ortho nitro benzene ring substituents is 1. The molecule has 0 saturated heterocycles. The Morgan fingerprint density at radius 2 is 1.88 bits per heavy atom. The summed E-state index contributed by atoms with van der Waals surface area (Å²) in [5.74, 6) is 1.38.